The van der Waals surface area contributed by atoms with Crippen LogP contribution in [-0.4, -0.2) is 49.9 Å². The van der Waals surface area contributed by atoms with Crippen LogP contribution >= 0.6 is 7.82 Å². The number of phosphoric ester groups is 1. The van der Waals surface area contributed by atoms with Crippen LogP contribution in [0.5, 0.6) is 0 Å². The van der Waals surface area contributed by atoms with Gasteiger partial charge in [-0.25, -0.2) is 4.57 Å². The average Bonchev–Trinajstić information content (AvgIpc) is 3.21. The minimum Gasteiger partial charge on any atom is -0.457 e. The van der Waals surface area contributed by atoms with Crippen molar-refractivity contribution in [1.29, 1.82) is 0 Å². The zero-order chi connectivity index (χ0) is 42.3. The number of hydrogen-bond acceptors (Lipinski definition) is 7. The van der Waals surface area contributed by atoms with Crippen LogP contribution in [0.15, 0.2) is 97.2 Å². The SMILES string of the molecule is CC/C=C\C/C=C\C/C=C\C/C=C\C/C=C\C/C=C\CCCCCCCOCC(COP(=O)(O)OCCN)OC(=O)CCCCCCC/C=C\C/C=C\CCCCC. The molecule has 8 nitrogen and oxygen atoms in total. The number of nitrogens with two attached hydrogens (primary N) is 1. The molecule has 0 bridgehead atoms. The molecule has 0 aliphatic carbocycles. The second kappa shape index (κ2) is 45.5. The lowest BCUT2D eigenvalue weighted by atomic mass is 10.1. The predicted octanol–water partition coefficient (Wildman–Crippen LogP) is 13.9. The maximum atomic E-state index is 12.6. The number of carbonyl (C=O) groups excluding carboxylic acids is 1. The van der Waals surface area contributed by atoms with Crippen LogP contribution in [-0.2, 0) is 27.9 Å². The van der Waals surface area contributed by atoms with E-state index >= 15 is 0 Å². The average molecular weight is 830 g/mol. The molecule has 9 heteroatoms. The van der Waals surface area contributed by atoms with Crippen molar-refractivity contribution in [2.45, 2.75) is 174 Å². The van der Waals surface area contributed by atoms with Gasteiger partial charge in [-0.2, -0.15) is 0 Å². The molecule has 2 atom stereocenters. The Hall–Kier alpha value is -2.58. The van der Waals surface area contributed by atoms with E-state index in [1.807, 2.05) is 0 Å². The Balaban J connectivity index is 4.10. The van der Waals surface area contributed by atoms with Crippen LogP contribution < -0.4 is 5.73 Å². The van der Waals surface area contributed by atoms with E-state index in [9.17, 15) is 14.3 Å². The Labute approximate surface area is 355 Å². The Bertz CT molecular complexity index is 1200. The van der Waals surface area contributed by atoms with Gasteiger partial charge in [0.05, 0.1) is 19.8 Å². The van der Waals surface area contributed by atoms with Crippen molar-refractivity contribution in [2.24, 2.45) is 5.73 Å². The Morgan fingerprint density at radius 1 is 0.534 bits per heavy atom. The highest BCUT2D eigenvalue weighted by Crippen LogP contribution is 2.43. The molecule has 0 amide bonds. The van der Waals surface area contributed by atoms with Gasteiger partial charge in [0, 0.05) is 19.6 Å². The predicted molar refractivity (Wildman–Crippen MR) is 247 cm³/mol. The lowest BCUT2D eigenvalue weighted by Crippen LogP contribution is -2.28. The number of rotatable bonds is 42. The Kier molecular flexibility index (Phi) is 43.5. The highest BCUT2D eigenvalue weighted by molar-refractivity contribution is 7.47. The molecule has 0 aromatic heterocycles. The first kappa shape index (κ1) is 55.4. The van der Waals surface area contributed by atoms with Gasteiger partial charge in [-0.3, -0.25) is 13.8 Å². The summed E-state index contributed by atoms with van der Waals surface area (Å²) in [5.41, 5.74) is 5.37. The third-order valence-corrected chi connectivity index (χ3v) is 9.97. The molecule has 58 heavy (non-hydrogen) atoms. The summed E-state index contributed by atoms with van der Waals surface area (Å²) in [5, 5.41) is 0. The van der Waals surface area contributed by atoms with Gasteiger partial charge in [0.2, 0.25) is 0 Å². The Morgan fingerprint density at radius 2 is 0.966 bits per heavy atom. The molecule has 0 saturated heterocycles. The summed E-state index contributed by atoms with van der Waals surface area (Å²) < 4.78 is 33.4. The molecule has 3 N–H and O–H groups in total. The van der Waals surface area contributed by atoms with E-state index in [1.54, 1.807) is 0 Å². The molecule has 0 rings (SSSR count). The lowest BCUT2D eigenvalue weighted by molar-refractivity contribution is -0.154. The second-order valence-electron chi connectivity index (χ2n) is 14.5. The smallest absolute Gasteiger partial charge is 0.457 e. The van der Waals surface area contributed by atoms with Crippen LogP contribution in [0.2, 0.25) is 0 Å². The van der Waals surface area contributed by atoms with Gasteiger partial charge >= 0.3 is 13.8 Å². The quantitative estimate of drug-likeness (QED) is 0.0270. The number of hydrogen-bond donors (Lipinski definition) is 2. The van der Waals surface area contributed by atoms with Gasteiger partial charge in [-0.05, 0) is 96.3 Å². The highest BCUT2D eigenvalue weighted by Gasteiger charge is 2.25. The largest absolute Gasteiger partial charge is 0.472 e. The summed E-state index contributed by atoms with van der Waals surface area (Å²) >= 11 is 0. The van der Waals surface area contributed by atoms with E-state index in [1.165, 1.54) is 38.5 Å². The molecule has 332 valence electrons. The molecule has 0 aliphatic rings. The van der Waals surface area contributed by atoms with Crippen LogP contribution in [0.4, 0.5) is 0 Å². The van der Waals surface area contributed by atoms with Crippen LogP contribution in [0, 0.1) is 0 Å². The van der Waals surface area contributed by atoms with E-state index < -0.39 is 13.9 Å². The third-order valence-electron chi connectivity index (χ3n) is 8.99. The summed E-state index contributed by atoms with van der Waals surface area (Å²) in [6, 6.07) is 0. The van der Waals surface area contributed by atoms with Crippen molar-refractivity contribution in [3.63, 3.8) is 0 Å². The molecular weight excluding hydrogens is 746 g/mol. The minimum absolute atomic E-state index is 0.0888. The van der Waals surface area contributed by atoms with E-state index in [4.69, 9.17) is 24.3 Å². The van der Waals surface area contributed by atoms with Crippen LogP contribution in [0.25, 0.3) is 0 Å². The van der Waals surface area contributed by atoms with Gasteiger partial charge < -0.3 is 20.1 Å². The highest BCUT2D eigenvalue weighted by atomic mass is 31.2. The molecule has 0 spiro atoms. The Morgan fingerprint density at radius 3 is 1.45 bits per heavy atom. The first-order chi connectivity index (χ1) is 28.4. The molecule has 2 unspecified atom stereocenters. The number of esters is 1. The molecular formula is C49H84NO7P. The minimum atomic E-state index is -4.29. The topological polar surface area (TPSA) is 117 Å². The van der Waals surface area contributed by atoms with E-state index in [0.29, 0.717) is 13.0 Å². The number of ether oxygens (including phenoxy) is 2. The van der Waals surface area contributed by atoms with Gasteiger partial charge in [0.1, 0.15) is 6.10 Å². The van der Waals surface area contributed by atoms with Gasteiger partial charge in [0.25, 0.3) is 0 Å². The molecule has 0 saturated carbocycles. The fourth-order valence-electron chi connectivity index (χ4n) is 5.68. The third kappa shape index (κ3) is 44.5. The van der Waals surface area contributed by atoms with E-state index in [0.717, 1.165) is 109 Å². The molecule has 0 fully saturated rings. The van der Waals surface area contributed by atoms with E-state index in [-0.39, 0.29) is 32.3 Å². The molecule has 0 radical (unpaired) electrons. The number of unbranched alkanes of at least 4 members (excludes halogenated alkanes) is 13. The normalized spacial score (nSPS) is 14.3. The number of phosphoric acid groups is 1. The monoisotopic (exact) mass is 830 g/mol. The summed E-state index contributed by atoms with van der Waals surface area (Å²) in [4.78, 5) is 22.5. The van der Waals surface area contributed by atoms with Crippen molar-refractivity contribution in [2.75, 3.05) is 33.0 Å². The summed E-state index contributed by atoms with van der Waals surface area (Å²) in [6.45, 7) is 4.69. The molecule has 0 aromatic carbocycles. The van der Waals surface area contributed by atoms with Crippen LogP contribution in [0.3, 0.4) is 0 Å². The summed E-state index contributed by atoms with van der Waals surface area (Å²) in [5.74, 6) is -0.356. The number of carbonyl (C=O) groups is 1. The van der Waals surface area contributed by atoms with E-state index in [2.05, 4.69) is 111 Å². The van der Waals surface area contributed by atoms with Crippen molar-refractivity contribution in [3.05, 3.63) is 97.2 Å². The number of allylic oxidation sites excluding steroid dienone is 16. The summed E-state index contributed by atoms with van der Waals surface area (Å²) in [7, 11) is -4.29. The molecule has 0 aromatic rings. The fraction of sp³-hybridized carbons (Fsp3) is 0.653. The van der Waals surface area contributed by atoms with Gasteiger partial charge in [0.15, 0.2) is 0 Å². The van der Waals surface area contributed by atoms with Gasteiger partial charge in [-0.15, -0.1) is 0 Å². The van der Waals surface area contributed by atoms with Crippen molar-refractivity contribution in [1.82, 2.24) is 0 Å². The second-order valence-corrected chi connectivity index (χ2v) is 16.0. The summed E-state index contributed by atoms with van der Waals surface area (Å²) in [6.07, 6.45) is 60.0. The van der Waals surface area contributed by atoms with Gasteiger partial charge in [-0.1, -0.05) is 162 Å². The maximum absolute atomic E-state index is 12.6. The fourth-order valence-corrected chi connectivity index (χ4v) is 6.44. The standard InChI is InChI=1S/C49H84NO7P/c1-3-5-7-9-11-13-15-17-19-20-21-22-23-24-25-26-27-29-31-33-35-37-39-41-44-54-46-48(47-56-58(52,53)55-45-43-50)57-49(51)42-40-38-36-34-32-30-28-18-16-14-12-10-8-6-4-2/h5,7,11-14,17-19,21-22,24-25,27-29,48H,3-4,6,8-10,15-16,20,23,26,30-47,50H2,1-2H3,(H,52,53)/b7-5-,13-11-,14-12-,19-17-,22-21-,25-24-,28-18-,29-27-. The first-order valence-electron chi connectivity index (χ1n) is 22.7. The first-order valence-corrected chi connectivity index (χ1v) is 24.2. The van der Waals surface area contributed by atoms with Crippen molar-refractivity contribution < 1.29 is 32.8 Å². The molecule has 0 aliphatic heterocycles. The van der Waals surface area contributed by atoms with Crippen molar-refractivity contribution >= 4 is 13.8 Å². The lowest BCUT2D eigenvalue weighted by Gasteiger charge is -2.20. The van der Waals surface area contributed by atoms with Crippen LogP contribution in [0.1, 0.15) is 168 Å². The zero-order valence-corrected chi connectivity index (χ0v) is 37.6. The zero-order valence-electron chi connectivity index (χ0n) is 36.7. The van der Waals surface area contributed by atoms with Crippen molar-refractivity contribution in [3.8, 4) is 0 Å². The maximum Gasteiger partial charge on any atom is 0.472 e. The molecule has 0 heterocycles.